The standard InChI is InChI=1S/C23H17NO5/c25-22(24-17-7-9-19-21(12-17)28-13-27-19)15-6-8-18-16(10-15)11-20(29-23(18)26)14-4-2-1-3-5-14/h1-10,12,20H,11,13H2,(H,24,25)/t20-/m1/s1. The van der Waals surface area contributed by atoms with Gasteiger partial charge in [-0.25, -0.2) is 4.79 Å². The van der Waals surface area contributed by atoms with Crippen molar-refractivity contribution in [2.24, 2.45) is 0 Å². The van der Waals surface area contributed by atoms with Crippen LogP contribution in [0.2, 0.25) is 0 Å². The van der Waals surface area contributed by atoms with Gasteiger partial charge in [0.1, 0.15) is 6.10 Å². The molecule has 5 rings (SSSR count). The summed E-state index contributed by atoms with van der Waals surface area (Å²) >= 11 is 0. The number of anilines is 1. The summed E-state index contributed by atoms with van der Waals surface area (Å²) in [5.41, 5.74) is 3.31. The fourth-order valence-corrected chi connectivity index (χ4v) is 3.57. The Balaban J connectivity index is 1.38. The molecule has 6 heteroatoms. The fourth-order valence-electron chi connectivity index (χ4n) is 3.57. The molecule has 144 valence electrons. The lowest BCUT2D eigenvalue weighted by atomic mass is 9.93. The van der Waals surface area contributed by atoms with Gasteiger partial charge in [-0.3, -0.25) is 4.79 Å². The van der Waals surface area contributed by atoms with Crippen LogP contribution in [0.3, 0.4) is 0 Å². The number of hydrogen-bond acceptors (Lipinski definition) is 5. The van der Waals surface area contributed by atoms with Crippen LogP contribution in [0.5, 0.6) is 11.5 Å². The van der Waals surface area contributed by atoms with Crippen LogP contribution < -0.4 is 14.8 Å². The SMILES string of the molecule is O=C(Nc1ccc2c(c1)OCO2)c1ccc2c(c1)C[C@H](c1ccccc1)OC2=O. The molecule has 0 saturated carbocycles. The van der Waals surface area contributed by atoms with E-state index in [1.807, 2.05) is 30.3 Å². The Morgan fingerprint density at radius 3 is 2.62 bits per heavy atom. The molecule has 6 nitrogen and oxygen atoms in total. The van der Waals surface area contributed by atoms with E-state index < -0.39 is 0 Å². The number of carbonyl (C=O) groups is 2. The molecule has 0 fully saturated rings. The molecular formula is C23H17NO5. The summed E-state index contributed by atoms with van der Waals surface area (Å²) in [5, 5.41) is 2.86. The van der Waals surface area contributed by atoms with Crippen LogP contribution in [0.25, 0.3) is 0 Å². The van der Waals surface area contributed by atoms with Gasteiger partial charge in [-0.05, 0) is 41.5 Å². The zero-order chi connectivity index (χ0) is 19.8. The minimum Gasteiger partial charge on any atom is -0.454 e. The minimum absolute atomic E-state index is 0.177. The van der Waals surface area contributed by atoms with Crippen molar-refractivity contribution in [2.75, 3.05) is 12.1 Å². The van der Waals surface area contributed by atoms with Crippen LogP contribution in [-0.2, 0) is 11.2 Å². The number of carbonyl (C=O) groups excluding carboxylic acids is 2. The molecule has 1 N–H and O–H groups in total. The molecule has 2 aliphatic rings. The zero-order valence-electron chi connectivity index (χ0n) is 15.4. The number of benzene rings is 3. The van der Waals surface area contributed by atoms with Gasteiger partial charge in [0, 0.05) is 23.7 Å². The lowest BCUT2D eigenvalue weighted by molar-refractivity contribution is 0.0252. The molecule has 0 aromatic heterocycles. The van der Waals surface area contributed by atoms with Crippen LogP contribution in [0.1, 0.15) is 37.9 Å². The van der Waals surface area contributed by atoms with Crippen molar-refractivity contribution in [1.29, 1.82) is 0 Å². The predicted octanol–water partition coefficient (Wildman–Crippen LogP) is 4.12. The Kier molecular flexibility index (Phi) is 4.17. The molecule has 2 heterocycles. The third kappa shape index (κ3) is 3.29. The van der Waals surface area contributed by atoms with Crippen LogP contribution in [0.15, 0.2) is 66.7 Å². The number of amides is 1. The molecule has 1 amide bonds. The molecule has 0 spiro atoms. The smallest absolute Gasteiger partial charge is 0.339 e. The highest BCUT2D eigenvalue weighted by Crippen LogP contribution is 2.35. The summed E-state index contributed by atoms with van der Waals surface area (Å²) in [4.78, 5) is 25.1. The molecule has 29 heavy (non-hydrogen) atoms. The van der Waals surface area contributed by atoms with E-state index in [2.05, 4.69) is 5.32 Å². The van der Waals surface area contributed by atoms with E-state index in [-0.39, 0.29) is 24.8 Å². The van der Waals surface area contributed by atoms with E-state index in [1.54, 1.807) is 36.4 Å². The van der Waals surface area contributed by atoms with Gasteiger partial charge in [0.2, 0.25) is 6.79 Å². The van der Waals surface area contributed by atoms with E-state index >= 15 is 0 Å². The van der Waals surface area contributed by atoms with Gasteiger partial charge in [0.25, 0.3) is 5.91 Å². The number of hydrogen-bond donors (Lipinski definition) is 1. The van der Waals surface area contributed by atoms with Crippen molar-refractivity contribution in [3.8, 4) is 11.5 Å². The Morgan fingerprint density at radius 2 is 1.76 bits per heavy atom. The van der Waals surface area contributed by atoms with Crippen molar-refractivity contribution < 1.29 is 23.8 Å². The lowest BCUT2D eigenvalue weighted by Crippen LogP contribution is -2.23. The zero-order valence-corrected chi connectivity index (χ0v) is 15.4. The maximum absolute atomic E-state index is 12.7. The van der Waals surface area contributed by atoms with Crippen molar-refractivity contribution in [3.05, 3.63) is 89.0 Å². The highest BCUT2D eigenvalue weighted by molar-refractivity contribution is 6.05. The van der Waals surface area contributed by atoms with Crippen molar-refractivity contribution in [2.45, 2.75) is 12.5 Å². The maximum Gasteiger partial charge on any atom is 0.339 e. The monoisotopic (exact) mass is 387 g/mol. The average Bonchev–Trinajstić information content (AvgIpc) is 3.22. The van der Waals surface area contributed by atoms with Gasteiger partial charge in [-0.2, -0.15) is 0 Å². The number of esters is 1. The predicted molar refractivity (Wildman–Crippen MR) is 105 cm³/mol. The molecule has 2 aliphatic heterocycles. The summed E-state index contributed by atoms with van der Waals surface area (Å²) in [6.45, 7) is 0.177. The van der Waals surface area contributed by atoms with E-state index in [9.17, 15) is 9.59 Å². The third-order valence-corrected chi connectivity index (χ3v) is 5.04. The Bertz CT molecular complexity index is 1110. The number of cyclic esters (lactones) is 1. The van der Waals surface area contributed by atoms with E-state index in [0.29, 0.717) is 34.7 Å². The third-order valence-electron chi connectivity index (χ3n) is 5.04. The van der Waals surface area contributed by atoms with E-state index in [1.165, 1.54) is 0 Å². The Hall–Kier alpha value is -3.80. The summed E-state index contributed by atoms with van der Waals surface area (Å²) in [5.74, 6) is 0.619. The van der Waals surface area contributed by atoms with Crippen LogP contribution in [0.4, 0.5) is 5.69 Å². The Labute approximate surface area is 167 Å². The largest absolute Gasteiger partial charge is 0.454 e. The molecule has 0 saturated heterocycles. The normalized spacial score (nSPS) is 16.7. The fraction of sp³-hybridized carbons (Fsp3) is 0.130. The van der Waals surface area contributed by atoms with Gasteiger partial charge in [0.15, 0.2) is 11.5 Å². The lowest BCUT2D eigenvalue weighted by Gasteiger charge is -2.25. The minimum atomic E-state index is -0.372. The second-order valence-corrected chi connectivity index (χ2v) is 6.90. The molecule has 3 aromatic carbocycles. The van der Waals surface area contributed by atoms with Crippen LogP contribution in [0, 0.1) is 0 Å². The Morgan fingerprint density at radius 1 is 0.931 bits per heavy atom. The van der Waals surface area contributed by atoms with Crippen molar-refractivity contribution in [1.82, 2.24) is 0 Å². The molecule has 0 unspecified atom stereocenters. The molecule has 1 atom stereocenters. The van der Waals surface area contributed by atoms with Crippen molar-refractivity contribution in [3.63, 3.8) is 0 Å². The summed E-state index contributed by atoms with van der Waals surface area (Å²) in [6.07, 6.45) is 0.166. The maximum atomic E-state index is 12.7. The van der Waals surface area contributed by atoms with Gasteiger partial charge in [0.05, 0.1) is 5.56 Å². The highest BCUT2D eigenvalue weighted by atomic mass is 16.7. The topological polar surface area (TPSA) is 73.9 Å². The van der Waals surface area contributed by atoms with Crippen LogP contribution in [-0.4, -0.2) is 18.7 Å². The van der Waals surface area contributed by atoms with Crippen molar-refractivity contribution >= 4 is 17.6 Å². The first-order valence-corrected chi connectivity index (χ1v) is 9.27. The highest BCUT2D eigenvalue weighted by Gasteiger charge is 2.28. The molecule has 3 aromatic rings. The summed E-state index contributed by atoms with van der Waals surface area (Å²) < 4.78 is 16.2. The average molecular weight is 387 g/mol. The molecule has 0 bridgehead atoms. The number of fused-ring (bicyclic) bond motifs is 2. The van der Waals surface area contributed by atoms with E-state index in [4.69, 9.17) is 14.2 Å². The van der Waals surface area contributed by atoms with Crippen LogP contribution >= 0.6 is 0 Å². The molecule has 0 aliphatic carbocycles. The first-order chi connectivity index (χ1) is 14.2. The number of ether oxygens (including phenoxy) is 3. The second-order valence-electron chi connectivity index (χ2n) is 6.90. The molecular weight excluding hydrogens is 370 g/mol. The first kappa shape index (κ1) is 17.3. The van der Waals surface area contributed by atoms with Gasteiger partial charge in [-0.15, -0.1) is 0 Å². The quantitative estimate of drug-likeness (QED) is 0.685. The summed E-state index contributed by atoms with van der Waals surface area (Å²) in [6, 6.07) is 19.9. The van der Waals surface area contributed by atoms with Gasteiger partial charge < -0.3 is 19.5 Å². The first-order valence-electron chi connectivity index (χ1n) is 9.27. The van der Waals surface area contributed by atoms with Gasteiger partial charge in [-0.1, -0.05) is 30.3 Å². The second kappa shape index (κ2) is 6.98. The van der Waals surface area contributed by atoms with Gasteiger partial charge >= 0.3 is 5.97 Å². The number of rotatable bonds is 3. The number of nitrogens with one attached hydrogen (secondary N) is 1. The van der Waals surface area contributed by atoms with E-state index in [0.717, 1.165) is 11.1 Å². The summed E-state index contributed by atoms with van der Waals surface area (Å²) in [7, 11) is 0. The molecule has 0 radical (unpaired) electrons.